The maximum absolute atomic E-state index is 12.0. The molecule has 2 aromatic carbocycles. The first-order valence-electron chi connectivity index (χ1n) is 10.00. The fourth-order valence-electron chi connectivity index (χ4n) is 4.01. The van der Waals surface area contributed by atoms with Gasteiger partial charge >= 0.3 is 0 Å². The number of carbonyl (C=O) groups is 1. The third-order valence-corrected chi connectivity index (χ3v) is 5.53. The zero-order chi connectivity index (χ0) is 20.4. The number of amides is 1. The molecule has 0 radical (unpaired) electrons. The Hall–Kier alpha value is -3.21. The van der Waals surface area contributed by atoms with Crippen molar-refractivity contribution >= 4 is 5.91 Å². The van der Waals surface area contributed by atoms with Crippen LogP contribution in [0.3, 0.4) is 0 Å². The number of carbonyl (C=O) groups excluding carboxylic acids is 1. The monoisotopic (exact) mass is 390 g/mol. The van der Waals surface area contributed by atoms with E-state index in [1.807, 2.05) is 37.3 Å². The molecule has 1 atom stereocenters. The van der Waals surface area contributed by atoms with Crippen LogP contribution in [0.25, 0.3) is 11.3 Å². The van der Waals surface area contributed by atoms with Crippen LogP contribution >= 0.6 is 0 Å². The Morgan fingerprint density at radius 1 is 1.07 bits per heavy atom. The molecule has 4 rings (SSSR count). The number of aryl methyl sites for hydroxylation is 1. The molecule has 1 unspecified atom stereocenters. The zero-order valence-corrected chi connectivity index (χ0v) is 16.9. The molecule has 29 heavy (non-hydrogen) atoms. The summed E-state index contributed by atoms with van der Waals surface area (Å²) in [5.74, 6) is 1.08. The molecule has 150 valence electrons. The van der Waals surface area contributed by atoms with Gasteiger partial charge in [-0.1, -0.05) is 30.3 Å². The van der Waals surface area contributed by atoms with Gasteiger partial charge in [0, 0.05) is 23.0 Å². The third kappa shape index (κ3) is 3.86. The van der Waals surface area contributed by atoms with Crippen molar-refractivity contribution < 1.29 is 14.3 Å². The van der Waals surface area contributed by atoms with E-state index < -0.39 is 5.91 Å². The summed E-state index contributed by atoms with van der Waals surface area (Å²) in [7, 11) is 0. The summed E-state index contributed by atoms with van der Waals surface area (Å²) in [6.45, 7) is 5.24. The van der Waals surface area contributed by atoms with Gasteiger partial charge in [0.1, 0.15) is 13.2 Å². The molecule has 5 heteroatoms. The molecule has 3 aromatic rings. The van der Waals surface area contributed by atoms with E-state index in [2.05, 4.69) is 35.8 Å². The van der Waals surface area contributed by atoms with Gasteiger partial charge in [-0.15, -0.1) is 0 Å². The number of rotatable bonds is 6. The number of ether oxygens (including phenoxy) is 2. The third-order valence-electron chi connectivity index (χ3n) is 5.53. The van der Waals surface area contributed by atoms with Crippen molar-refractivity contribution in [3.8, 4) is 22.8 Å². The number of primary amides is 1. The Labute approximate surface area is 171 Å². The number of hydrogen-bond acceptors (Lipinski definition) is 3. The minimum atomic E-state index is -0.407. The van der Waals surface area contributed by atoms with Gasteiger partial charge in [-0.05, 0) is 56.5 Å². The van der Waals surface area contributed by atoms with Crippen molar-refractivity contribution in [2.45, 2.75) is 32.7 Å². The second-order valence-corrected chi connectivity index (χ2v) is 7.49. The SMILES string of the molecule is Cc1c(C(N)=O)cc(-c2ccc3c(c2)OCCO3)n1C(C)CCc1ccccc1. The Balaban J connectivity index is 1.70. The lowest BCUT2D eigenvalue weighted by atomic mass is 10.0. The molecule has 2 N–H and O–H groups in total. The first-order chi connectivity index (χ1) is 14.0. The van der Waals surface area contributed by atoms with Crippen LogP contribution in [0.2, 0.25) is 0 Å². The van der Waals surface area contributed by atoms with E-state index in [4.69, 9.17) is 15.2 Å². The highest BCUT2D eigenvalue weighted by Gasteiger charge is 2.22. The van der Waals surface area contributed by atoms with E-state index in [9.17, 15) is 4.79 Å². The molecule has 2 heterocycles. The average Bonchev–Trinajstić information content (AvgIpc) is 3.10. The van der Waals surface area contributed by atoms with Crippen molar-refractivity contribution in [3.05, 3.63) is 71.4 Å². The molecule has 5 nitrogen and oxygen atoms in total. The molecular formula is C24H26N2O3. The second kappa shape index (κ2) is 8.03. The molecule has 1 aliphatic rings. The lowest BCUT2D eigenvalue weighted by molar-refractivity contribution is 0.0999. The predicted octanol–water partition coefficient (Wildman–Crippen LogP) is 4.53. The number of aromatic nitrogens is 1. The van der Waals surface area contributed by atoms with Crippen molar-refractivity contribution in [1.82, 2.24) is 4.57 Å². The summed E-state index contributed by atoms with van der Waals surface area (Å²) < 4.78 is 13.6. The molecule has 0 bridgehead atoms. The van der Waals surface area contributed by atoms with Crippen LogP contribution in [0, 0.1) is 6.92 Å². The van der Waals surface area contributed by atoms with Gasteiger partial charge in [0.25, 0.3) is 5.91 Å². The van der Waals surface area contributed by atoms with Gasteiger partial charge in [0.05, 0.1) is 5.56 Å². The van der Waals surface area contributed by atoms with Crippen LogP contribution < -0.4 is 15.2 Å². The van der Waals surface area contributed by atoms with Gasteiger partial charge in [0.15, 0.2) is 11.5 Å². The Morgan fingerprint density at radius 3 is 2.52 bits per heavy atom. The molecule has 0 aliphatic carbocycles. The summed E-state index contributed by atoms with van der Waals surface area (Å²) >= 11 is 0. The molecule has 0 fully saturated rings. The lowest BCUT2D eigenvalue weighted by Gasteiger charge is -2.22. The standard InChI is InChI=1S/C24H26N2O3/c1-16(8-9-18-6-4-3-5-7-18)26-17(2)20(24(25)27)15-21(26)19-10-11-22-23(14-19)29-13-12-28-22/h3-7,10-11,14-16H,8-9,12-13H2,1-2H3,(H2,25,27). The first-order valence-corrected chi connectivity index (χ1v) is 10.00. The van der Waals surface area contributed by atoms with E-state index >= 15 is 0 Å². The smallest absolute Gasteiger partial charge is 0.250 e. The quantitative estimate of drug-likeness (QED) is 0.673. The van der Waals surface area contributed by atoms with Gasteiger partial charge in [-0.25, -0.2) is 0 Å². The van der Waals surface area contributed by atoms with Crippen molar-refractivity contribution in [2.24, 2.45) is 5.73 Å². The Morgan fingerprint density at radius 2 is 1.79 bits per heavy atom. The average molecular weight is 390 g/mol. The van der Waals surface area contributed by atoms with Gasteiger partial charge in [-0.3, -0.25) is 4.79 Å². The number of nitrogens with zero attached hydrogens (tertiary/aromatic N) is 1. The largest absolute Gasteiger partial charge is 0.486 e. The summed E-state index contributed by atoms with van der Waals surface area (Å²) in [6, 6.07) is 18.4. The van der Waals surface area contributed by atoms with Gasteiger partial charge < -0.3 is 19.8 Å². The number of fused-ring (bicyclic) bond motifs is 1. The highest BCUT2D eigenvalue weighted by atomic mass is 16.6. The fourth-order valence-corrected chi connectivity index (χ4v) is 4.01. The highest BCUT2D eigenvalue weighted by Crippen LogP contribution is 2.37. The van der Waals surface area contributed by atoms with Crippen LogP contribution in [0.4, 0.5) is 0 Å². The molecule has 1 amide bonds. The van der Waals surface area contributed by atoms with E-state index in [-0.39, 0.29) is 6.04 Å². The zero-order valence-electron chi connectivity index (χ0n) is 16.9. The Bertz CT molecular complexity index is 1020. The second-order valence-electron chi connectivity index (χ2n) is 7.49. The highest BCUT2D eigenvalue weighted by molar-refractivity contribution is 5.95. The normalized spacial score (nSPS) is 13.9. The van der Waals surface area contributed by atoms with Crippen LogP contribution in [-0.2, 0) is 6.42 Å². The van der Waals surface area contributed by atoms with E-state index in [1.54, 1.807) is 0 Å². The predicted molar refractivity (Wildman–Crippen MR) is 114 cm³/mol. The Kier molecular flexibility index (Phi) is 5.30. The molecular weight excluding hydrogens is 364 g/mol. The number of nitrogens with two attached hydrogens (primary N) is 1. The molecule has 1 aliphatic heterocycles. The topological polar surface area (TPSA) is 66.5 Å². The summed E-state index contributed by atoms with van der Waals surface area (Å²) in [6.07, 6.45) is 1.92. The molecule has 0 saturated heterocycles. The number of hydrogen-bond donors (Lipinski definition) is 1. The van der Waals surface area contributed by atoms with Crippen molar-refractivity contribution in [3.63, 3.8) is 0 Å². The van der Waals surface area contributed by atoms with Gasteiger partial charge in [0.2, 0.25) is 0 Å². The van der Waals surface area contributed by atoms with E-state index in [0.29, 0.717) is 18.8 Å². The fraction of sp³-hybridized carbons (Fsp3) is 0.292. The van der Waals surface area contributed by atoms with E-state index in [0.717, 1.165) is 41.3 Å². The molecule has 0 saturated carbocycles. The van der Waals surface area contributed by atoms with Crippen LogP contribution in [0.15, 0.2) is 54.6 Å². The maximum atomic E-state index is 12.0. The molecule has 1 aromatic heterocycles. The van der Waals surface area contributed by atoms with Crippen molar-refractivity contribution in [1.29, 1.82) is 0 Å². The maximum Gasteiger partial charge on any atom is 0.250 e. The minimum absolute atomic E-state index is 0.200. The van der Waals surface area contributed by atoms with Crippen LogP contribution in [-0.4, -0.2) is 23.7 Å². The number of benzene rings is 2. The minimum Gasteiger partial charge on any atom is -0.486 e. The summed E-state index contributed by atoms with van der Waals surface area (Å²) in [5, 5.41) is 0. The first kappa shape index (κ1) is 19.1. The summed E-state index contributed by atoms with van der Waals surface area (Å²) in [4.78, 5) is 12.0. The van der Waals surface area contributed by atoms with Gasteiger partial charge in [-0.2, -0.15) is 0 Å². The summed E-state index contributed by atoms with van der Waals surface area (Å²) in [5.41, 5.74) is 10.4. The van der Waals surface area contributed by atoms with E-state index in [1.165, 1.54) is 5.56 Å². The molecule has 0 spiro atoms. The van der Waals surface area contributed by atoms with Crippen molar-refractivity contribution in [2.75, 3.05) is 13.2 Å². The lowest BCUT2D eigenvalue weighted by Crippen LogP contribution is -2.15. The van der Waals surface area contributed by atoms with Crippen LogP contribution in [0.5, 0.6) is 11.5 Å². The van der Waals surface area contributed by atoms with Crippen LogP contribution in [0.1, 0.15) is 41.0 Å².